The molecule has 148 valence electrons. The first-order valence-electron chi connectivity index (χ1n) is 8.69. The molecule has 2 aromatic rings. The fourth-order valence-corrected chi connectivity index (χ4v) is 3.10. The average molecular weight is 388 g/mol. The van der Waals surface area contributed by atoms with Crippen LogP contribution in [0.15, 0.2) is 42.6 Å². The minimum absolute atomic E-state index is 0.0339. The molecule has 1 aromatic carbocycles. The zero-order valence-corrected chi connectivity index (χ0v) is 15.1. The summed E-state index contributed by atoms with van der Waals surface area (Å²) in [6.45, 7) is 0.578. The predicted molar refractivity (Wildman–Crippen MR) is 98.9 cm³/mol. The standard InChI is InChI=1S/C19H21FN4O4/c20-13-3-5-14(6-4-13)27-12-19(10-16(21)25)11-24(8-9-28-19)18(26)15-2-1-7-23-17(15)22/h1-7H,8-12H2,(H2,21,25)(H2,22,23)/t19-/m1/s1. The van der Waals surface area contributed by atoms with Crippen molar-refractivity contribution in [1.82, 2.24) is 9.88 Å². The highest BCUT2D eigenvalue weighted by Gasteiger charge is 2.41. The van der Waals surface area contributed by atoms with Gasteiger partial charge in [-0.2, -0.15) is 0 Å². The van der Waals surface area contributed by atoms with E-state index in [0.717, 1.165) is 0 Å². The van der Waals surface area contributed by atoms with Gasteiger partial charge in [-0.05, 0) is 36.4 Å². The van der Waals surface area contributed by atoms with Crippen molar-refractivity contribution in [2.75, 3.05) is 32.0 Å². The quantitative estimate of drug-likeness (QED) is 0.761. The first-order valence-corrected chi connectivity index (χ1v) is 8.69. The molecule has 2 amide bonds. The Bertz CT molecular complexity index is 861. The minimum atomic E-state index is -1.12. The molecular weight excluding hydrogens is 367 g/mol. The molecule has 8 nitrogen and oxygen atoms in total. The van der Waals surface area contributed by atoms with Crippen LogP contribution in [-0.2, 0) is 9.53 Å². The molecule has 3 rings (SSSR count). The van der Waals surface area contributed by atoms with Crippen LogP contribution >= 0.6 is 0 Å². The van der Waals surface area contributed by atoms with Crippen LogP contribution in [0.1, 0.15) is 16.8 Å². The Balaban J connectivity index is 1.77. The number of amides is 2. The van der Waals surface area contributed by atoms with Gasteiger partial charge in [0.25, 0.3) is 5.91 Å². The molecule has 1 fully saturated rings. The van der Waals surface area contributed by atoms with Crippen LogP contribution in [0.2, 0.25) is 0 Å². The van der Waals surface area contributed by atoms with Crippen LogP contribution in [0.4, 0.5) is 10.2 Å². The molecular formula is C19H21FN4O4. The van der Waals surface area contributed by atoms with Crippen molar-refractivity contribution in [2.24, 2.45) is 5.73 Å². The lowest BCUT2D eigenvalue weighted by Crippen LogP contribution is -2.58. The van der Waals surface area contributed by atoms with Gasteiger partial charge < -0.3 is 25.8 Å². The summed E-state index contributed by atoms with van der Waals surface area (Å²) in [6, 6.07) is 8.67. The van der Waals surface area contributed by atoms with E-state index in [1.165, 1.54) is 35.4 Å². The van der Waals surface area contributed by atoms with Crippen LogP contribution in [0.25, 0.3) is 0 Å². The van der Waals surface area contributed by atoms with E-state index in [2.05, 4.69) is 4.98 Å². The second-order valence-electron chi connectivity index (χ2n) is 6.58. The molecule has 4 N–H and O–H groups in total. The van der Waals surface area contributed by atoms with E-state index in [1.54, 1.807) is 12.1 Å². The number of hydrogen-bond donors (Lipinski definition) is 2. The van der Waals surface area contributed by atoms with Gasteiger partial charge in [0, 0.05) is 12.7 Å². The molecule has 0 aliphatic carbocycles. The van der Waals surface area contributed by atoms with Crippen LogP contribution in [-0.4, -0.2) is 53.6 Å². The monoisotopic (exact) mass is 388 g/mol. The van der Waals surface area contributed by atoms with Crippen molar-refractivity contribution in [3.05, 3.63) is 54.0 Å². The molecule has 0 bridgehead atoms. The predicted octanol–water partition coefficient (Wildman–Crippen LogP) is 0.968. The molecule has 2 heterocycles. The zero-order chi connectivity index (χ0) is 20.1. The van der Waals surface area contributed by atoms with Gasteiger partial charge in [0.2, 0.25) is 5.91 Å². The number of pyridine rings is 1. The summed E-state index contributed by atoms with van der Waals surface area (Å²) in [7, 11) is 0. The number of anilines is 1. The Hall–Kier alpha value is -3.20. The second kappa shape index (κ2) is 8.22. The number of benzene rings is 1. The lowest BCUT2D eigenvalue weighted by Gasteiger charge is -2.42. The zero-order valence-electron chi connectivity index (χ0n) is 15.1. The number of hydrogen-bond acceptors (Lipinski definition) is 6. The molecule has 1 aliphatic heterocycles. The third-order valence-electron chi connectivity index (χ3n) is 4.42. The first-order chi connectivity index (χ1) is 13.4. The highest BCUT2D eigenvalue weighted by Crippen LogP contribution is 2.26. The van der Waals surface area contributed by atoms with E-state index in [9.17, 15) is 14.0 Å². The van der Waals surface area contributed by atoms with Crippen molar-refractivity contribution >= 4 is 17.6 Å². The van der Waals surface area contributed by atoms with Crippen LogP contribution in [0.3, 0.4) is 0 Å². The van der Waals surface area contributed by atoms with E-state index < -0.39 is 11.5 Å². The molecule has 1 saturated heterocycles. The summed E-state index contributed by atoms with van der Waals surface area (Å²) >= 11 is 0. The maximum Gasteiger partial charge on any atom is 0.257 e. The van der Waals surface area contributed by atoms with Gasteiger partial charge in [-0.1, -0.05) is 0 Å². The number of nitrogens with zero attached hydrogens (tertiary/aromatic N) is 2. The largest absolute Gasteiger partial charge is 0.490 e. The number of morpholine rings is 1. The van der Waals surface area contributed by atoms with Gasteiger partial charge >= 0.3 is 0 Å². The fourth-order valence-electron chi connectivity index (χ4n) is 3.10. The first kappa shape index (κ1) is 19.6. The molecule has 1 aromatic heterocycles. The highest BCUT2D eigenvalue weighted by molar-refractivity contribution is 5.98. The molecule has 0 saturated carbocycles. The summed E-state index contributed by atoms with van der Waals surface area (Å²) < 4.78 is 24.6. The number of carbonyl (C=O) groups excluding carboxylic acids is 2. The van der Waals surface area contributed by atoms with Gasteiger partial charge in [-0.25, -0.2) is 9.37 Å². The summed E-state index contributed by atoms with van der Waals surface area (Å²) in [6.07, 6.45) is 1.36. The van der Waals surface area contributed by atoms with Crippen molar-refractivity contribution in [2.45, 2.75) is 12.0 Å². The molecule has 1 aliphatic rings. The van der Waals surface area contributed by atoms with E-state index >= 15 is 0 Å². The highest BCUT2D eigenvalue weighted by atomic mass is 19.1. The summed E-state index contributed by atoms with van der Waals surface area (Å²) in [5.74, 6) is -0.753. The molecule has 28 heavy (non-hydrogen) atoms. The van der Waals surface area contributed by atoms with Crippen LogP contribution < -0.4 is 16.2 Å². The van der Waals surface area contributed by atoms with Crippen LogP contribution in [0.5, 0.6) is 5.75 Å². The van der Waals surface area contributed by atoms with Crippen molar-refractivity contribution in [1.29, 1.82) is 0 Å². The van der Waals surface area contributed by atoms with Gasteiger partial charge in [0.05, 0.1) is 25.1 Å². The second-order valence-corrected chi connectivity index (χ2v) is 6.58. The summed E-state index contributed by atoms with van der Waals surface area (Å²) in [5.41, 5.74) is 10.4. The van der Waals surface area contributed by atoms with E-state index in [1.807, 2.05) is 0 Å². The normalized spacial score (nSPS) is 19.2. The smallest absolute Gasteiger partial charge is 0.257 e. The van der Waals surface area contributed by atoms with Crippen molar-refractivity contribution in [3.63, 3.8) is 0 Å². The molecule has 9 heteroatoms. The van der Waals surface area contributed by atoms with Crippen molar-refractivity contribution < 1.29 is 23.5 Å². The number of rotatable bonds is 6. The third kappa shape index (κ3) is 4.55. The SMILES string of the molecule is NC(=O)C[C@]1(COc2ccc(F)cc2)CN(C(=O)c2cccnc2N)CCO1. The number of carbonyl (C=O) groups is 2. The Morgan fingerprint density at radius 1 is 1.29 bits per heavy atom. The van der Waals surface area contributed by atoms with Gasteiger partial charge in [-0.3, -0.25) is 9.59 Å². The molecule has 0 radical (unpaired) electrons. The van der Waals surface area contributed by atoms with Gasteiger partial charge in [0.1, 0.15) is 29.6 Å². The number of nitrogens with two attached hydrogens (primary N) is 2. The van der Waals surface area contributed by atoms with E-state index in [-0.39, 0.29) is 49.3 Å². The van der Waals surface area contributed by atoms with Crippen LogP contribution in [0, 0.1) is 5.82 Å². The third-order valence-corrected chi connectivity index (χ3v) is 4.42. The molecule has 1 atom stereocenters. The lowest BCUT2D eigenvalue weighted by molar-refractivity contribution is -0.142. The number of nitrogen functional groups attached to an aromatic ring is 1. The summed E-state index contributed by atoms with van der Waals surface area (Å²) in [4.78, 5) is 30.0. The number of primary amides is 1. The molecule has 0 unspecified atom stereocenters. The van der Waals surface area contributed by atoms with Gasteiger partial charge in [0.15, 0.2) is 0 Å². The Kier molecular flexibility index (Phi) is 5.74. The minimum Gasteiger partial charge on any atom is -0.490 e. The Labute approximate surface area is 161 Å². The van der Waals surface area contributed by atoms with E-state index in [0.29, 0.717) is 12.3 Å². The van der Waals surface area contributed by atoms with Crippen molar-refractivity contribution in [3.8, 4) is 5.75 Å². The number of ether oxygens (including phenoxy) is 2. The Morgan fingerprint density at radius 3 is 2.71 bits per heavy atom. The molecule has 0 spiro atoms. The summed E-state index contributed by atoms with van der Waals surface area (Å²) in [5, 5.41) is 0. The maximum atomic E-state index is 13.1. The number of halogens is 1. The number of aromatic nitrogens is 1. The van der Waals surface area contributed by atoms with E-state index in [4.69, 9.17) is 20.9 Å². The Morgan fingerprint density at radius 2 is 2.04 bits per heavy atom. The maximum absolute atomic E-state index is 13.1. The fraction of sp³-hybridized carbons (Fsp3) is 0.316. The average Bonchev–Trinajstić information content (AvgIpc) is 2.67. The van der Waals surface area contributed by atoms with Gasteiger partial charge in [-0.15, -0.1) is 0 Å². The lowest BCUT2D eigenvalue weighted by atomic mass is 9.97. The topological polar surface area (TPSA) is 121 Å².